The van der Waals surface area contributed by atoms with Gasteiger partial charge in [0.2, 0.25) is 0 Å². The minimum atomic E-state index is -0.536. The lowest BCUT2D eigenvalue weighted by Gasteiger charge is -2.03. The molecule has 0 fully saturated rings. The lowest BCUT2D eigenvalue weighted by Crippen LogP contribution is -2.20. The van der Waals surface area contributed by atoms with Gasteiger partial charge in [0.25, 0.3) is 5.91 Å². The van der Waals surface area contributed by atoms with E-state index in [0.29, 0.717) is 11.3 Å². The number of nitrogens with two attached hydrogens (primary N) is 1. The Balaban J connectivity index is 2.68. The molecule has 0 aliphatic rings. The molecular weight excluding hydrogens is 184 g/mol. The molecule has 0 aromatic heterocycles. The Bertz CT molecular complexity index is 350. The van der Waals surface area contributed by atoms with Crippen molar-refractivity contribution in [1.82, 2.24) is 0 Å². The van der Waals surface area contributed by atoms with Gasteiger partial charge >= 0.3 is 0 Å². The summed E-state index contributed by atoms with van der Waals surface area (Å²) in [5, 5.41) is 11.2. The van der Waals surface area contributed by atoms with Crippen molar-refractivity contribution in [2.24, 2.45) is 10.9 Å². The largest absolute Gasteiger partial charge is 0.484 e. The second-order valence-electron chi connectivity index (χ2n) is 2.57. The first-order valence-electron chi connectivity index (χ1n) is 3.91. The topological polar surface area (TPSA) is 84.9 Å². The van der Waals surface area contributed by atoms with E-state index in [1.807, 2.05) is 0 Å². The summed E-state index contributed by atoms with van der Waals surface area (Å²) in [6.45, 7) is -0.167. The monoisotopic (exact) mass is 194 g/mol. The van der Waals surface area contributed by atoms with Crippen molar-refractivity contribution in [2.45, 2.75) is 0 Å². The first-order valence-corrected chi connectivity index (χ1v) is 3.91. The number of oxime groups is 1. The third-order valence-electron chi connectivity index (χ3n) is 1.45. The number of benzene rings is 1. The molecule has 0 saturated heterocycles. The van der Waals surface area contributed by atoms with Crippen molar-refractivity contribution in [1.29, 1.82) is 0 Å². The molecule has 0 unspecified atom stereocenters. The SMILES string of the molecule is NC(=O)COc1cccc(/C=N/O)c1. The van der Waals surface area contributed by atoms with Crippen LogP contribution in [-0.2, 0) is 4.79 Å². The first kappa shape index (κ1) is 10.0. The molecule has 0 spiro atoms. The van der Waals surface area contributed by atoms with Crippen molar-refractivity contribution in [3.8, 4) is 5.75 Å². The van der Waals surface area contributed by atoms with Gasteiger partial charge in [0.05, 0.1) is 6.21 Å². The van der Waals surface area contributed by atoms with E-state index in [4.69, 9.17) is 15.7 Å². The van der Waals surface area contributed by atoms with Crippen molar-refractivity contribution < 1.29 is 14.7 Å². The zero-order valence-electron chi connectivity index (χ0n) is 7.38. The molecule has 74 valence electrons. The summed E-state index contributed by atoms with van der Waals surface area (Å²) in [4.78, 5) is 10.4. The second kappa shape index (κ2) is 4.86. The summed E-state index contributed by atoms with van der Waals surface area (Å²) in [5.41, 5.74) is 5.58. The molecule has 0 aliphatic carbocycles. The van der Waals surface area contributed by atoms with Crippen molar-refractivity contribution in [3.63, 3.8) is 0 Å². The zero-order valence-corrected chi connectivity index (χ0v) is 7.38. The van der Waals surface area contributed by atoms with Gasteiger partial charge in [-0.3, -0.25) is 4.79 Å². The van der Waals surface area contributed by atoms with Gasteiger partial charge in [-0.2, -0.15) is 0 Å². The van der Waals surface area contributed by atoms with E-state index in [1.54, 1.807) is 24.3 Å². The molecule has 0 saturated carbocycles. The van der Waals surface area contributed by atoms with Gasteiger partial charge in [0.1, 0.15) is 5.75 Å². The Hall–Kier alpha value is -2.04. The molecule has 5 heteroatoms. The van der Waals surface area contributed by atoms with E-state index in [9.17, 15) is 4.79 Å². The maximum absolute atomic E-state index is 10.4. The smallest absolute Gasteiger partial charge is 0.255 e. The molecule has 1 aromatic rings. The standard InChI is InChI=1S/C9H10N2O3/c10-9(12)6-14-8-3-1-2-7(4-8)5-11-13/h1-5,13H,6H2,(H2,10,12)/b11-5+. The van der Waals surface area contributed by atoms with Crippen LogP contribution in [0.5, 0.6) is 5.75 Å². The number of nitrogens with zero attached hydrogens (tertiary/aromatic N) is 1. The summed E-state index contributed by atoms with van der Waals surface area (Å²) < 4.78 is 5.04. The predicted octanol–water partition coefficient (Wildman–Crippen LogP) is 0.359. The number of carbonyl (C=O) groups excluding carboxylic acids is 1. The van der Waals surface area contributed by atoms with Crippen LogP contribution in [0.1, 0.15) is 5.56 Å². The van der Waals surface area contributed by atoms with Crippen LogP contribution in [0, 0.1) is 0 Å². The highest BCUT2D eigenvalue weighted by molar-refractivity contribution is 5.79. The molecule has 0 atom stereocenters. The van der Waals surface area contributed by atoms with Gasteiger partial charge in [0.15, 0.2) is 6.61 Å². The molecule has 1 amide bonds. The predicted molar refractivity (Wildman–Crippen MR) is 50.5 cm³/mol. The van der Waals surface area contributed by atoms with Gasteiger partial charge in [-0.05, 0) is 17.7 Å². The van der Waals surface area contributed by atoms with Crippen LogP contribution in [0.3, 0.4) is 0 Å². The van der Waals surface area contributed by atoms with E-state index in [-0.39, 0.29) is 6.61 Å². The average molecular weight is 194 g/mol. The molecule has 0 aliphatic heterocycles. The average Bonchev–Trinajstić information content (AvgIpc) is 2.16. The fourth-order valence-electron chi connectivity index (χ4n) is 0.906. The normalized spacial score (nSPS) is 10.3. The molecule has 0 bridgehead atoms. The van der Waals surface area contributed by atoms with Gasteiger partial charge in [-0.1, -0.05) is 17.3 Å². The summed E-state index contributed by atoms with van der Waals surface area (Å²) >= 11 is 0. The van der Waals surface area contributed by atoms with E-state index < -0.39 is 5.91 Å². The van der Waals surface area contributed by atoms with Crippen molar-refractivity contribution in [3.05, 3.63) is 29.8 Å². The van der Waals surface area contributed by atoms with E-state index in [1.165, 1.54) is 6.21 Å². The Labute approximate surface area is 80.8 Å². The third kappa shape index (κ3) is 3.14. The third-order valence-corrected chi connectivity index (χ3v) is 1.45. The number of carbonyl (C=O) groups is 1. The molecule has 5 nitrogen and oxygen atoms in total. The van der Waals surface area contributed by atoms with Gasteiger partial charge < -0.3 is 15.7 Å². The quantitative estimate of drug-likeness (QED) is 0.412. The van der Waals surface area contributed by atoms with E-state index in [2.05, 4.69) is 5.16 Å². The minimum Gasteiger partial charge on any atom is -0.484 e. The molecule has 14 heavy (non-hydrogen) atoms. The number of primary amides is 1. The van der Waals surface area contributed by atoms with E-state index >= 15 is 0 Å². The molecule has 0 radical (unpaired) electrons. The number of ether oxygens (including phenoxy) is 1. The van der Waals surface area contributed by atoms with E-state index in [0.717, 1.165) is 0 Å². The summed E-state index contributed by atoms with van der Waals surface area (Å²) in [7, 11) is 0. The Morgan fingerprint density at radius 2 is 2.43 bits per heavy atom. The second-order valence-corrected chi connectivity index (χ2v) is 2.57. The lowest BCUT2D eigenvalue weighted by molar-refractivity contribution is -0.119. The maximum atomic E-state index is 10.4. The van der Waals surface area contributed by atoms with Crippen molar-refractivity contribution >= 4 is 12.1 Å². The van der Waals surface area contributed by atoms with Crippen LogP contribution in [0.4, 0.5) is 0 Å². The maximum Gasteiger partial charge on any atom is 0.255 e. The zero-order chi connectivity index (χ0) is 10.4. The highest BCUT2D eigenvalue weighted by Crippen LogP contribution is 2.11. The fraction of sp³-hybridized carbons (Fsp3) is 0.111. The highest BCUT2D eigenvalue weighted by Gasteiger charge is 1.97. The Morgan fingerprint density at radius 3 is 3.07 bits per heavy atom. The van der Waals surface area contributed by atoms with Crippen LogP contribution in [-0.4, -0.2) is 23.9 Å². The van der Waals surface area contributed by atoms with Gasteiger partial charge in [-0.15, -0.1) is 0 Å². The minimum absolute atomic E-state index is 0.167. The molecule has 3 N–H and O–H groups in total. The molecule has 0 heterocycles. The van der Waals surface area contributed by atoms with Crippen LogP contribution in [0.2, 0.25) is 0 Å². The molecule has 1 aromatic carbocycles. The summed E-state index contributed by atoms with van der Waals surface area (Å²) in [6.07, 6.45) is 1.26. The van der Waals surface area contributed by atoms with Gasteiger partial charge in [-0.25, -0.2) is 0 Å². The van der Waals surface area contributed by atoms with Crippen LogP contribution in [0.25, 0.3) is 0 Å². The van der Waals surface area contributed by atoms with Crippen LogP contribution >= 0.6 is 0 Å². The lowest BCUT2D eigenvalue weighted by atomic mass is 10.2. The first-order chi connectivity index (χ1) is 6.72. The number of hydrogen-bond acceptors (Lipinski definition) is 4. The highest BCUT2D eigenvalue weighted by atomic mass is 16.5. The Kier molecular flexibility index (Phi) is 3.49. The summed E-state index contributed by atoms with van der Waals surface area (Å²) in [5.74, 6) is -0.0348. The molecule has 1 rings (SSSR count). The summed E-state index contributed by atoms with van der Waals surface area (Å²) in [6, 6.07) is 6.75. The van der Waals surface area contributed by atoms with Crippen molar-refractivity contribution in [2.75, 3.05) is 6.61 Å². The van der Waals surface area contributed by atoms with Crippen LogP contribution < -0.4 is 10.5 Å². The Morgan fingerprint density at radius 1 is 1.64 bits per heavy atom. The van der Waals surface area contributed by atoms with Crippen LogP contribution in [0.15, 0.2) is 29.4 Å². The number of hydrogen-bond donors (Lipinski definition) is 2. The number of amides is 1. The fourth-order valence-corrected chi connectivity index (χ4v) is 0.906. The molecular formula is C9H10N2O3. The van der Waals surface area contributed by atoms with Gasteiger partial charge in [0, 0.05) is 0 Å². The number of rotatable bonds is 4.